The van der Waals surface area contributed by atoms with Gasteiger partial charge in [0.2, 0.25) is 5.88 Å². The first-order valence-corrected chi connectivity index (χ1v) is 8.03. The van der Waals surface area contributed by atoms with Gasteiger partial charge in [0.1, 0.15) is 0 Å². The quantitative estimate of drug-likeness (QED) is 0.691. The Morgan fingerprint density at radius 2 is 2.10 bits per heavy atom. The van der Waals surface area contributed by atoms with Gasteiger partial charge < -0.3 is 10.1 Å². The lowest BCUT2D eigenvalue weighted by Gasteiger charge is -2.19. The number of rotatable bonds is 10. The summed E-state index contributed by atoms with van der Waals surface area (Å²) >= 11 is 0. The molecular weight excluding hydrogens is 248 g/mol. The molecule has 2 atom stereocenters. The molecule has 0 spiro atoms. The van der Waals surface area contributed by atoms with Crippen LogP contribution in [-0.2, 0) is 0 Å². The Kier molecular flexibility index (Phi) is 8.28. The van der Waals surface area contributed by atoms with Crippen molar-refractivity contribution >= 4 is 0 Å². The molecule has 0 aliphatic carbocycles. The Morgan fingerprint density at radius 1 is 1.30 bits per heavy atom. The van der Waals surface area contributed by atoms with Crippen LogP contribution in [0.3, 0.4) is 0 Å². The van der Waals surface area contributed by atoms with Gasteiger partial charge in [-0.3, -0.25) is 0 Å². The predicted molar refractivity (Wildman–Crippen MR) is 85.1 cm³/mol. The third-order valence-electron chi connectivity index (χ3n) is 3.78. The first-order valence-electron chi connectivity index (χ1n) is 8.03. The number of nitrogens with one attached hydrogen (secondary N) is 1. The van der Waals surface area contributed by atoms with Crippen molar-refractivity contribution in [1.29, 1.82) is 0 Å². The fourth-order valence-corrected chi connectivity index (χ4v) is 2.36. The molecule has 3 heteroatoms. The third kappa shape index (κ3) is 5.49. The number of ether oxygens (including phenoxy) is 1. The highest BCUT2D eigenvalue weighted by Gasteiger charge is 2.13. The second-order valence-corrected chi connectivity index (χ2v) is 5.40. The zero-order valence-electron chi connectivity index (χ0n) is 13.5. The maximum atomic E-state index is 6.00. The first kappa shape index (κ1) is 17.0. The fraction of sp³-hybridized carbons (Fsp3) is 0.706. The van der Waals surface area contributed by atoms with Crippen molar-refractivity contribution in [3.63, 3.8) is 0 Å². The molecule has 1 aromatic rings. The van der Waals surface area contributed by atoms with E-state index in [0.29, 0.717) is 5.92 Å². The minimum absolute atomic E-state index is 0.277. The molecule has 1 heterocycles. The summed E-state index contributed by atoms with van der Waals surface area (Å²) in [6.45, 7) is 10.5. The molecule has 2 unspecified atom stereocenters. The van der Waals surface area contributed by atoms with Gasteiger partial charge in [-0.15, -0.1) is 0 Å². The molecule has 0 radical (unpaired) electrons. The van der Waals surface area contributed by atoms with Gasteiger partial charge in [0.05, 0.1) is 6.61 Å². The summed E-state index contributed by atoms with van der Waals surface area (Å²) in [7, 11) is 0. The zero-order chi connectivity index (χ0) is 14.8. The third-order valence-corrected chi connectivity index (χ3v) is 3.78. The molecule has 1 N–H and O–H groups in total. The van der Waals surface area contributed by atoms with E-state index in [1.165, 1.54) is 25.7 Å². The molecule has 20 heavy (non-hydrogen) atoms. The van der Waals surface area contributed by atoms with E-state index in [-0.39, 0.29) is 6.04 Å². The van der Waals surface area contributed by atoms with Gasteiger partial charge in [-0.25, -0.2) is 4.98 Å². The van der Waals surface area contributed by atoms with Crippen LogP contribution in [-0.4, -0.2) is 18.1 Å². The van der Waals surface area contributed by atoms with Gasteiger partial charge in [-0.2, -0.15) is 0 Å². The maximum Gasteiger partial charge on any atom is 0.218 e. The maximum absolute atomic E-state index is 6.00. The number of hydrogen-bond donors (Lipinski definition) is 1. The number of nitrogens with zero attached hydrogens (tertiary/aromatic N) is 1. The van der Waals surface area contributed by atoms with Gasteiger partial charge in [0, 0.05) is 17.8 Å². The van der Waals surface area contributed by atoms with Crippen LogP contribution in [0.1, 0.15) is 65.0 Å². The standard InChI is InChI=1S/C17H30N2O/c1-5-8-10-15(6-2)13-20-17-16(11-9-12-19-17)14(4)18-7-3/h9,11-12,14-15,18H,5-8,10,13H2,1-4H3. The van der Waals surface area contributed by atoms with E-state index in [0.717, 1.165) is 24.6 Å². The molecule has 1 aromatic heterocycles. The summed E-state index contributed by atoms with van der Waals surface area (Å²) in [4.78, 5) is 4.41. The lowest BCUT2D eigenvalue weighted by molar-refractivity contribution is 0.222. The Labute approximate surface area is 124 Å². The van der Waals surface area contributed by atoms with Crippen molar-refractivity contribution in [3.05, 3.63) is 23.9 Å². The van der Waals surface area contributed by atoms with Crippen molar-refractivity contribution in [1.82, 2.24) is 10.3 Å². The Morgan fingerprint density at radius 3 is 2.75 bits per heavy atom. The Balaban J connectivity index is 2.62. The highest BCUT2D eigenvalue weighted by atomic mass is 16.5. The van der Waals surface area contributed by atoms with Gasteiger partial charge in [-0.05, 0) is 31.9 Å². The van der Waals surface area contributed by atoms with E-state index >= 15 is 0 Å². The van der Waals surface area contributed by atoms with E-state index in [2.05, 4.69) is 44.1 Å². The molecule has 0 bridgehead atoms. The summed E-state index contributed by atoms with van der Waals surface area (Å²) in [5, 5.41) is 3.42. The minimum atomic E-state index is 0.277. The van der Waals surface area contributed by atoms with Gasteiger partial charge in [0.15, 0.2) is 0 Å². The molecule has 0 saturated carbocycles. The van der Waals surface area contributed by atoms with Crippen molar-refractivity contribution < 1.29 is 4.74 Å². The van der Waals surface area contributed by atoms with Crippen LogP contribution < -0.4 is 10.1 Å². The van der Waals surface area contributed by atoms with E-state index in [4.69, 9.17) is 4.74 Å². The van der Waals surface area contributed by atoms with Crippen LogP contribution in [0, 0.1) is 5.92 Å². The summed E-state index contributed by atoms with van der Waals surface area (Å²) < 4.78 is 6.00. The number of hydrogen-bond acceptors (Lipinski definition) is 3. The monoisotopic (exact) mass is 278 g/mol. The second-order valence-electron chi connectivity index (χ2n) is 5.40. The van der Waals surface area contributed by atoms with Crippen molar-refractivity contribution in [3.8, 4) is 5.88 Å². The van der Waals surface area contributed by atoms with Gasteiger partial charge in [0.25, 0.3) is 0 Å². The zero-order valence-corrected chi connectivity index (χ0v) is 13.5. The molecule has 0 amide bonds. The SMILES string of the molecule is CCCCC(CC)COc1ncccc1C(C)NCC. The normalized spacial score (nSPS) is 14.0. The number of pyridine rings is 1. The average molecular weight is 278 g/mol. The summed E-state index contributed by atoms with van der Waals surface area (Å²) in [5.74, 6) is 1.43. The Hall–Kier alpha value is -1.09. The number of unbranched alkanes of at least 4 members (excludes halogenated alkanes) is 1. The molecule has 0 aromatic carbocycles. The van der Waals surface area contributed by atoms with Gasteiger partial charge >= 0.3 is 0 Å². The van der Waals surface area contributed by atoms with E-state index in [9.17, 15) is 0 Å². The lowest BCUT2D eigenvalue weighted by Crippen LogP contribution is -2.20. The van der Waals surface area contributed by atoms with Gasteiger partial charge in [-0.1, -0.05) is 46.1 Å². The molecule has 114 valence electrons. The van der Waals surface area contributed by atoms with E-state index < -0.39 is 0 Å². The highest BCUT2D eigenvalue weighted by Crippen LogP contribution is 2.23. The second kappa shape index (κ2) is 9.76. The molecule has 0 aliphatic heterocycles. The van der Waals surface area contributed by atoms with Crippen LogP contribution >= 0.6 is 0 Å². The minimum Gasteiger partial charge on any atom is -0.477 e. The topological polar surface area (TPSA) is 34.1 Å². The lowest BCUT2D eigenvalue weighted by atomic mass is 10.0. The summed E-state index contributed by atoms with van der Waals surface area (Å²) in [6.07, 6.45) is 6.76. The molecule has 0 aliphatic rings. The largest absolute Gasteiger partial charge is 0.477 e. The molecule has 3 nitrogen and oxygen atoms in total. The summed E-state index contributed by atoms with van der Waals surface area (Å²) in [5.41, 5.74) is 1.15. The number of aromatic nitrogens is 1. The van der Waals surface area contributed by atoms with Crippen molar-refractivity contribution in [2.75, 3.05) is 13.2 Å². The Bertz CT molecular complexity index is 368. The fourth-order valence-electron chi connectivity index (χ4n) is 2.36. The van der Waals surface area contributed by atoms with Crippen molar-refractivity contribution in [2.45, 2.75) is 59.4 Å². The first-order chi connectivity index (χ1) is 9.72. The van der Waals surface area contributed by atoms with Crippen LogP contribution in [0.4, 0.5) is 0 Å². The van der Waals surface area contributed by atoms with E-state index in [1.54, 1.807) is 0 Å². The van der Waals surface area contributed by atoms with Crippen molar-refractivity contribution in [2.24, 2.45) is 5.92 Å². The van der Waals surface area contributed by atoms with Crippen LogP contribution in [0.2, 0.25) is 0 Å². The molecule has 1 rings (SSSR count). The van der Waals surface area contributed by atoms with Crippen LogP contribution in [0.5, 0.6) is 5.88 Å². The summed E-state index contributed by atoms with van der Waals surface area (Å²) in [6, 6.07) is 4.35. The highest BCUT2D eigenvalue weighted by molar-refractivity contribution is 5.28. The predicted octanol–water partition coefficient (Wildman–Crippen LogP) is 4.35. The molecule has 0 fully saturated rings. The van der Waals surface area contributed by atoms with Crippen LogP contribution in [0.25, 0.3) is 0 Å². The average Bonchev–Trinajstić information content (AvgIpc) is 2.48. The molecular formula is C17H30N2O. The van der Waals surface area contributed by atoms with Crippen LogP contribution in [0.15, 0.2) is 18.3 Å². The van der Waals surface area contributed by atoms with E-state index in [1.807, 2.05) is 12.3 Å². The smallest absolute Gasteiger partial charge is 0.218 e. The molecule has 0 saturated heterocycles.